The maximum absolute atomic E-state index is 8.96. The van der Waals surface area contributed by atoms with Crippen LogP contribution in [0.5, 0.6) is 0 Å². The van der Waals surface area contributed by atoms with Crippen LogP contribution in [0.25, 0.3) is 0 Å². The zero-order valence-electron chi connectivity index (χ0n) is 9.68. The van der Waals surface area contributed by atoms with Gasteiger partial charge < -0.3 is 24.4 Å². The summed E-state index contributed by atoms with van der Waals surface area (Å²) in [5, 5.41) is 17.9. The number of methoxy groups -OCH3 is 1. The van der Waals surface area contributed by atoms with Crippen molar-refractivity contribution in [3.8, 4) is 0 Å². The highest BCUT2D eigenvalue weighted by Gasteiger charge is 2.09. The first-order valence-corrected chi connectivity index (χ1v) is 5.10. The molecule has 0 aromatic heterocycles. The molecule has 0 aliphatic rings. The van der Waals surface area contributed by atoms with Crippen LogP contribution in [-0.4, -0.2) is 62.1 Å². The second-order valence-corrected chi connectivity index (χ2v) is 3.63. The summed E-state index contributed by atoms with van der Waals surface area (Å²) in [4.78, 5) is 0. The second kappa shape index (κ2) is 9.06. The Morgan fingerprint density at radius 1 is 0.867 bits per heavy atom. The van der Waals surface area contributed by atoms with Crippen molar-refractivity contribution in [2.75, 3.05) is 33.5 Å². The Morgan fingerprint density at radius 2 is 1.27 bits per heavy atom. The SMILES string of the molecule is COC(COCC(C)O)COCC(C)O. The molecule has 0 aromatic rings. The van der Waals surface area contributed by atoms with Gasteiger partial charge in [0.15, 0.2) is 0 Å². The van der Waals surface area contributed by atoms with E-state index in [0.29, 0.717) is 13.2 Å². The highest BCUT2D eigenvalue weighted by atomic mass is 16.6. The Morgan fingerprint density at radius 3 is 1.53 bits per heavy atom. The predicted molar refractivity (Wildman–Crippen MR) is 55.8 cm³/mol. The summed E-state index contributed by atoms with van der Waals surface area (Å²) in [5.41, 5.74) is 0. The maximum Gasteiger partial charge on any atom is 0.104 e. The number of aliphatic hydroxyl groups excluding tert-OH is 2. The molecule has 0 aromatic carbocycles. The molecule has 0 heterocycles. The van der Waals surface area contributed by atoms with Crippen LogP contribution >= 0.6 is 0 Å². The lowest BCUT2D eigenvalue weighted by Crippen LogP contribution is -2.27. The summed E-state index contributed by atoms with van der Waals surface area (Å²) in [5.74, 6) is 0. The topological polar surface area (TPSA) is 68.2 Å². The number of ether oxygens (including phenoxy) is 3. The Hall–Kier alpha value is -0.200. The molecule has 0 bridgehead atoms. The van der Waals surface area contributed by atoms with E-state index in [2.05, 4.69) is 0 Å². The molecule has 5 nitrogen and oxygen atoms in total. The number of rotatable bonds is 9. The van der Waals surface area contributed by atoms with Gasteiger partial charge in [-0.25, -0.2) is 0 Å². The van der Waals surface area contributed by atoms with Crippen LogP contribution in [0.3, 0.4) is 0 Å². The number of hydrogen-bond acceptors (Lipinski definition) is 5. The maximum atomic E-state index is 8.96. The van der Waals surface area contributed by atoms with Gasteiger partial charge in [0, 0.05) is 7.11 Å². The number of hydrogen-bond donors (Lipinski definition) is 2. The van der Waals surface area contributed by atoms with Crippen molar-refractivity contribution in [2.24, 2.45) is 0 Å². The van der Waals surface area contributed by atoms with E-state index >= 15 is 0 Å². The molecule has 0 saturated heterocycles. The van der Waals surface area contributed by atoms with Crippen LogP contribution in [0, 0.1) is 0 Å². The van der Waals surface area contributed by atoms with Gasteiger partial charge in [-0.15, -0.1) is 0 Å². The molecule has 15 heavy (non-hydrogen) atoms. The lowest BCUT2D eigenvalue weighted by Gasteiger charge is -2.16. The van der Waals surface area contributed by atoms with Gasteiger partial charge >= 0.3 is 0 Å². The molecule has 0 aliphatic heterocycles. The third kappa shape index (κ3) is 10.1. The fourth-order valence-corrected chi connectivity index (χ4v) is 0.924. The minimum Gasteiger partial charge on any atom is -0.391 e. The van der Waals surface area contributed by atoms with Gasteiger partial charge in [-0.1, -0.05) is 0 Å². The third-order valence-electron chi connectivity index (χ3n) is 1.66. The van der Waals surface area contributed by atoms with Gasteiger partial charge in [0.2, 0.25) is 0 Å². The molecule has 2 atom stereocenters. The van der Waals surface area contributed by atoms with Crippen LogP contribution in [-0.2, 0) is 14.2 Å². The molecule has 2 unspecified atom stereocenters. The van der Waals surface area contributed by atoms with Gasteiger partial charge in [-0.3, -0.25) is 0 Å². The van der Waals surface area contributed by atoms with Crippen molar-refractivity contribution in [1.29, 1.82) is 0 Å². The average Bonchev–Trinajstić information content (AvgIpc) is 2.14. The molecule has 0 amide bonds. The molecule has 0 fully saturated rings. The minimum absolute atomic E-state index is 0.164. The fourth-order valence-electron chi connectivity index (χ4n) is 0.924. The van der Waals surface area contributed by atoms with Gasteiger partial charge in [0.1, 0.15) is 6.10 Å². The summed E-state index contributed by atoms with van der Waals surface area (Å²) in [6.45, 7) is 4.65. The minimum atomic E-state index is -0.471. The summed E-state index contributed by atoms with van der Waals surface area (Å²) >= 11 is 0. The molecule has 0 spiro atoms. The van der Waals surface area contributed by atoms with E-state index in [0.717, 1.165) is 0 Å². The monoisotopic (exact) mass is 222 g/mol. The van der Waals surface area contributed by atoms with E-state index in [1.807, 2.05) is 0 Å². The summed E-state index contributed by atoms with van der Waals surface area (Å²) in [6, 6.07) is 0. The van der Waals surface area contributed by atoms with E-state index in [9.17, 15) is 0 Å². The zero-order valence-corrected chi connectivity index (χ0v) is 9.68. The average molecular weight is 222 g/mol. The van der Waals surface area contributed by atoms with Crippen LogP contribution < -0.4 is 0 Å². The predicted octanol–water partition coefficient (Wildman–Crippen LogP) is -0.204. The lowest BCUT2D eigenvalue weighted by molar-refractivity contribution is -0.0640. The highest BCUT2D eigenvalue weighted by Crippen LogP contribution is 1.95. The lowest BCUT2D eigenvalue weighted by atomic mass is 10.4. The molecular weight excluding hydrogens is 200 g/mol. The van der Waals surface area contributed by atoms with Gasteiger partial charge in [-0.05, 0) is 13.8 Å². The Balaban J connectivity index is 3.46. The van der Waals surface area contributed by atoms with Crippen LogP contribution in [0.2, 0.25) is 0 Å². The largest absolute Gasteiger partial charge is 0.391 e. The normalized spacial score (nSPS) is 17.4. The number of aliphatic hydroxyl groups is 2. The molecule has 0 saturated carbocycles. The summed E-state index contributed by atoms with van der Waals surface area (Å²) < 4.78 is 15.5. The quantitative estimate of drug-likeness (QED) is 0.565. The Kier molecular flexibility index (Phi) is 8.94. The van der Waals surface area contributed by atoms with Crippen molar-refractivity contribution >= 4 is 0 Å². The van der Waals surface area contributed by atoms with Crippen molar-refractivity contribution in [3.63, 3.8) is 0 Å². The van der Waals surface area contributed by atoms with Crippen molar-refractivity contribution < 1.29 is 24.4 Å². The van der Waals surface area contributed by atoms with Crippen molar-refractivity contribution in [3.05, 3.63) is 0 Å². The molecular formula is C10H22O5. The Labute approximate surface area is 91.0 Å². The first kappa shape index (κ1) is 14.8. The standard InChI is InChI=1S/C10H22O5/c1-8(11)4-14-6-10(13-3)7-15-5-9(2)12/h8-12H,4-7H2,1-3H3. The van der Waals surface area contributed by atoms with Crippen LogP contribution in [0.15, 0.2) is 0 Å². The zero-order chi connectivity index (χ0) is 11.7. The van der Waals surface area contributed by atoms with Crippen LogP contribution in [0.4, 0.5) is 0 Å². The Bertz CT molecular complexity index is 124. The third-order valence-corrected chi connectivity index (χ3v) is 1.66. The fraction of sp³-hybridized carbons (Fsp3) is 1.00. The molecule has 0 radical (unpaired) electrons. The molecule has 2 N–H and O–H groups in total. The molecule has 0 rings (SSSR count). The summed E-state index contributed by atoms with van der Waals surface area (Å²) in [6.07, 6.45) is -1.11. The molecule has 0 aliphatic carbocycles. The van der Waals surface area contributed by atoms with Crippen molar-refractivity contribution in [1.82, 2.24) is 0 Å². The van der Waals surface area contributed by atoms with E-state index < -0.39 is 12.2 Å². The van der Waals surface area contributed by atoms with E-state index in [1.54, 1.807) is 21.0 Å². The first-order chi connectivity index (χ1) is 7.06. The van der Waals surface area contributed by atoms with Gasteiger partial charge in [0.05, 0.1) is 38.6 Å². The van der Waals surface area contributed by atoms with Crippen molar-refractivity contribution in [2.45, 2.75) is 32.2 Å². The second-order valence-electron chi connectivity index (χ2n) is 3.63. The highest BCUT2D eigenvalue weighted by molar-refractivity contribution is 4.56. The molecule has 5 heteroatoms. The summed E-state index contributed by atoms with van der Waals surface area (Å²) in [7, 11) is 1.57. The van der Waals surface area contributed by atoms with Gasteiger partial charge in [0.25, 0.3) is 0 Å². The van der Waals surface area contributed by atoms with E-state index in [-0.39, 0.29) is 19.3 Å². The van der Waals surface area contributed by atoms with E-state index in [4.69, 9.17) is 24.4 Å². The van der Waals surface area contributed by atoms with E-state index in [1.165, 1.54) is 0 Å². The van der Waals surface area contributed by atoms with Gasteiger partial charge in [-0.2, -0.15) is 0 Å². The molecule has 92 valence electrons. The first-order valence-electron chi connectivity index (χ1n) is 5.10. The smallest absolute Gasteiger partial charge is 0.104 e. The van der Waals surface area contributed by atoms with Crippen LogP contribution in [0.1, 0.15) is 13.8 Å².